The lowest BCUT2D eigenvalue weighted by Crippen LogP contribution is -2.13. The molecule has 1 heterocycles. The third-order valence-electron chi connectivity index (χ3n) is 3.18. The fourth-order valence-electron chi connectivity index (χ4n) is 2.05. The molecule has 1 N–H and O–H groups in total. The van der Waals surface area contributed by atoms with Gasteiger partial charge in [-0.1, -0.05) is 28.1 Å². The Balaban J connectivity index is 1.96. The largest absolute Gasteiger partial charge is 0.308 e. The molecule has 96 valence electrons. The molecule has 18 heavy (non-hydrogen) atoms. The van der Waals surface area contributed by atoms with Crippen LogP contribution in [-0.4, -0.2) is 9.78 Å². The average molecular weight is 308 g/mol. The molecule has 3 nitrogen and oxygen atoms in total. The van der Waals surface area contributed by atoms with Crippen molar-refractivity contribution < 1.29 is 0 Å². The molecule has 4 heteroatoms. The summed E-state index contributed by atoms with van der Waals surface area (Å²) in [5.41, 5.74) is 4.92. The van der Waals surface area contributed by atoms with Crippen molar-refractivity contribution >= 4 is 15.9 Å². The van der Waals surface area contributed by atoms with Crippen molar-refractivity contribution in [2.24, 2.45) is 7.05 Å². The van der Waals surface area contributed by atoms with Gasteiger partial charge in [0.1, 0.15) is 0 Å². The molecule has 0 bridgehead atoms. The first-order chi connectivity index (χ1) is 8.58. The molecule has 0 spiro atoms. The van der Waals surface area contributed by atoms with Gasteiger partial charge >= 0.3 is 0 Å². The first-order valence-corrected chi connectivity index (χ1v) is 6.81. The van der Waals surface area contributed by atoms with Gasteiger partial charge in [-0.2, -0.15) is 5.10 Å². The van der Waals surface area contributed by atoms with Crippen LogP contribution in [0.4, 0.5) is 0 Å². The predicted octanol–water partition coefficient (Wildman–Crippen LogP) is 3.09. The number of aromatic nitrogens is 2. The van der Waals surface area contributed by atoms with Crippen LogP contribution in [-0.2, 0) is 20.1 Å². The minimum atomic E-state index is 0.859. The molecular formula is C14H18BrN3. The molecule has 2 aromatic rings. The van der Waals surface area contributed by atoms with Crippen LogP contribution in [0.25, 0.3) is 0 Å². The van der Waals surface area contributed by atoms with Gasteiger partial charge in [0.15, 0.2) is 0 Å². The number of nitrogens with zero attached hydrogens (tertiary/aromatic N) is 2. The van der Waals surface area contributed by atoms with Crippen LogP contribution < -0.4 is 5.32 Å². The molecular weight excluding hydrogens is 290 g/mol. The first kappa shape index (κ1) is 13.3. The summed E-state index contributed by atoms with van der Waals surface area (Å²) >= 11 is 3.48. The van der Waals surface area contributed by atoms with Gasteiger partial charge in [-0.3, -0.25) is 4.68 Å². The highest BCUT2D eigenvalue weighted by Gasteiger charge is 2.08. The predicted molar refractivity (Wildman–Crippen MR) is 77.4 cm³/mol. The second kappa shape index (κ2) is 5.67. The average Bonchev–Trinajstić information content (AvgIpc) is 2.56. The third-order valence-corrected chi connectivity index (χ3v) is 3.67. The molecule has 0 aliphatic carbocycles. The van der Waals surface area contributed by atoms with Crippen molar-refractivity contribution in [3.63, 3.8) is 0 Å². The summed E-state index contributed by atoms with van der Waals surface area (Å²) in [5, 5.41) is 7.89. The number of hydrogen-bond acceptors (Lipinski definition) is 2. The number of halogens is 1. The third kappa shape index (κ3) is 3.00. The fourth-order valence-corrected chi connectivity index (χ4v) is 2.50. The van der Waals surface area contributed by atoms with E-state index in [0.29, 0.717) is 0 Å². The molecule has 0 atom stereocenters. The van der Waals surface area contributed by atoms with Crippen LogP contribution in [0, 0.1) is 13.8 Å². The molecule has 2 rings (SSSR count). The maximum Gasteiger partial charge on any atom is 0.0641 e. The van der Waals surface area contributed by atoms with Gasteiger partial charge in [0, 0.05) is 35.9 Å². The summed E-state index contributed by atoms with van der Waals surface area (Å²) in [5.74, 6) is 0. The number of rotatable bonds is 4. The lowest BCUT2D eigenvalue weighted by molar-refractivity contribution is 0.684. The maximum atomic E-state index is 4.42. The molecule has 0 radical (unpaired) electrons. The van der Waals surface area contributed by atoms with E-state index in [1.165, 1.54) is 16.8 Å². The smallest absolute Gasteiger partial charge is 0.0641 e. The Bertz CT molecular complexity index is 546. The Kier molecular flexibility index (Phi) is 4.19. The number of nitrogens with one attached hydrogen (secondary N) is 1. The van der Waals surface area contributed by atoms with Crippen LogP contribution >= 0.6 is 15.9 Å². The summed E-state index contributed by atoms with van der Waals surface area (Å²) in [6.07, 6.45) is 0. The van der Waals surface area contributed by atoms with Crippen molar-refractivity contribution in [2.75, 3.05) is 0 Å². The van der Waals surface area contributed by atoms with Gasteiger partial charge in [-0.25, -0.2) is 0 Å². The molecule has 0 saturated carbocycles. The zero-order chi connectivity index (χ0) is 13.1. The van der Waals surface area contributed by atoms with E-state index in [0.717, 1.165) is 23.3 Å². The van der Waals surface area contributed by atoms with E-state index in [1.807, 2.05) is 17.8 Å². The number of hydrogen-bond donors (Lipinski definition) is 1. The molecule has 0 saturated heterocycles. The minimum Gasteiger partial charge on any atom is -0.308 e. The van der Waals surface area contributed by atoms with E-state index in [4.69, 9.17) is 0 Å². The normalized spacial score (nSPS) is 10.9. The van der Waals surface area contributed by atoms with Gasteiger partial charge in [0.2, 0.25) is 0 Å². The zero-order valence-corrected chi connectivity index (χ0v) is 12.6. The highest BCUT2D eigenvalue weighted by Crippen LogP contribution is 2.13. The van der Waals surface area contributed by atoms with E-state index in [2.05, 4.69) is 58.4 Å². The van der Waals surface area contributed by atoms with Gasteiger partial charge in [0.05, 0.1) is 5.69 Å². The Morgan fingerprint density at radius 1 is 1.28 bits per heavy atom. The van der Waals surface area contributed by atoms with E-state index >= 15 is 0 Å². The Labute approximate surface area is 116 Å². The van der Waals surface area contributed by atoms with Gasteiger partial charge < -0.3 is 5.32 Å². The highest BCUT2D eigenvalue weighted by molar-refractivity contribution is 9.10. The van der Waals surface area contributed by atoms with Crippen LogP contribution in [0.15, 0.2) is 28.7 Å². The van der Waals surface area contributed by atoms with Crippen LogP contribution in [0.1, 0.15) is 22.5 Å². The molecule has 0 aliphatic heterocycles. The second-order valence-corrected chi connectivity index (χ2v) is 5.42. The summed E-state index contributed by atoms with van der Waals surface area (Å²) in [7, 11) is 1.99. The SMILES string of the molecule is Cc1nn(C)c(C)c1CNCc1cccc(Br)c1. The Hall–Kier alpha value is -1.13. The minimum absolute atomic E-state index is 0.859. The van der Waals surface area contributed by atoms with Gasteiger partial charge in [0.25, 0.3) is 0 Å². The molecule has 0 aliphatic rings. The summed E-state index contributed by atoms with van der Waals surface area (Å²) in [6.45, 7) is 5.89. The van der Waals surface area contributed by atoms with E-state index in [9.17, 15) is 0 Å². The van der Waals surface area contributed by atoms with Crippen LogP contribution in [0.3, 0.4) is 0 Å². The number of benzene rings is 1. The topological polar surface area (TPSA) is 29.9 Å². The quantitative estimate of drug-likeness (QED) is 0.940. The first-order valence-electron chi connectivity index (χ1n) is 6.02. The van der Waals surface area contributed by atoms with Gasteiger partial charge in [-0.15, -0.1) is 0 Å². The monoisotopic (exact) mass is 307 g/mol. The summed E-state index contributed by atoms with van der Waals surface area (Å²) in [6, 6.07) is 8.36. The van der Waals surface area contributed by atoms with Crippen molar-refractivity contribution in [3.05, 3.63) is 51.3 Å². The molecule has 1 aromatic carbocycles. The van der Waals surface area contributed by atoms with E-state index in [1.54, 1.807) is 0 Å². The fraction of sp³-hybridized carbons (Fsp3) is 0.357. The highest BCUT2D eigenvalue weighted by atomic mass is 79.9. The second-order valence-electron chi connectivity index (χ2n) is 4.51. The van der Waals surface area contributed by atoms with E-state index in [-0.39, 0.29) is 0 Å². The lowest BCUT2D eigenvalue weighted by Gasteiger charge is -2.06. The standard InChI is InChI=1S/C14H18BrN3/c1-10-14(11(2)18(3)17-10)9-16-8-12-5-4-6-13(15)7-12/h4-7,16H,8-9H2,1-3H3. The van der Waals surface area contributed by atoms with Crippen LogP contribution in [0.5, 0.6) is 0 Å². The van der Waals surface area contributed by atoms with Gasteiger partial charge in [-0.05, 0) is 31.5 Å². The molecule has 0 fully saturated rings. The maximum absolute atomic E-state index is 4.42. The lowest BCUT2D eigenvalue weighted by atomic mass is 10.2. The Morgan fingerprint density at radius 3 is 2.67 bits per heavy atom. The molecule has 1 aromatic heterocycles. The van der Waals surface area contributed by atoms with Crippen molar-refractivity contribution in [1.29, 1.82) is 0 Å². The van der Waals surface area contributed by atoms with Crippen molar-refractivity contribution in [3.8, 4) is 0 Å². The Morgan fingerprint density at radius 2 is 2.06 bits per heavy atom. The zero-order valence-electron chi connectivity index (χ0n) is 11.0. The summed E-state index contributed by atoms with van der Waals surface area (Å²) < 4.78 is 3.06. The number of aryl methyl sites for hydroxylation is 2. The summed E-state index contributed by atoms with van der Waals surface area (Å²) in [4.78, 5) is 0. The van der Waals surface area contributed by atoms with Crippen molar-refractivity contribution in [1.82, 2.24) is 15.1 Å². The van der Waals surface area contributed by atoms with Crippen LogP contribution in [0.2, 0.25) is 0 Å². The molecule has 0 unspecified atom stereocenters. The molecule has 0 amide bonds. The van der Waals surface area contributed by atoms with E-state index < -0.39 is 0 Å². The van der Waals surface area contributed by atoms with Crippen molar-refractivity contribution in [2.45, 2.75) is 26.9 Å².